The molecule has 2 aromatic rings. The van der Waals surface area contributed by atoms with Gasteiger partial charge in [-0.15, -0.1) is 0 Å². The average Bonchev–Trinajstić information content (AvgIpc) is 2.95. The van der Waals surface area contributed by atoms with Crippen LogP contribution in [0.4, 0.5) is 0 Å². The number of carbonyl (C=O) groups excluding carboxylic acids is 1. The molecule has 4 heteroatoms. The van der Waals surface area contributed by atoms with Crippen molar-refractivity contribution in [2.24, 2.45) is 0 Å². The maximum Gasteiger partial charge on any atom is 0.303 e. The van der Waals surface area contributed by atoms with Gasteiger partial charge in [-0.25, -0.2) is 0 Å². The zero-order chi connectivity index (χ0) is 18.1. The smallest absolute Gasteiger partial charge is 0.303 e. The Balaban J connectivity index is 2.12. The third-order valence-electron chi connectivity index (χ3n) is 4.34. The zero-order valence-electron chi connectivity index (χ0n) is 14.9. The van der Waals surface area contributed by atoms with Gasteiger partial charge in [0.1, 0.15) is 0 Å². The second-order valence-corrected chi connectivity index (χ2v) is 6.39. The second-order valence-electron chi connectivity index (χ2n) is 6.39. The van der Waals surface area contributed by atoms with Crippen LogP contribution in [0.15, 0.2) is 36.4 Å². The number of fused-ring (bicyclic) bond motifs is 1. The van der Waals surface area contributed by atoms with Crippen molar-refractivity contribution in [2.75, 3.05) is 0 Å². The molecular formula is C21H27NO3. The molecule has 0 fully saturated rings. The number of carbonyl (C=O) groups is 2. The summed E-state index contributed by atoms with van der Waals surface area (Å²) in [5, 5.41) is 9.74. The lowest BCUT2D eigenvalue weighted by Gasteiger charge is -2.01. The SMILES string of the molecule is CCCCCC/C=C/C(=O)c1c(CCCC(=O)O)[nH]c2ccccc12. The molecule has 0 spiro atoms. The monoisotopic (exact) mass is 341 g/mol. The molecule has 1 aromatic carbocycles. The summed E-state index contributed by atoms with van der Waals surface area (Å²) in [7, 11) is 0. The van der Waals surface area contributed by atoms with Gasteiger partial charge in [0.05, 0.1) is 5.56 Å². The Bertz CT molecular complexity index is 743. The predicted molar refractivity (Wildman–Crippen MR) is 101 cm³/mol. The largest absolute Gasteiger partial charge is 0.481 e. The average molecular weight is 341 g/mol. The molecular weight excluding hydrogens is 314 g/mol. The molecule has 0 atom stereocenters. The summed E-state index contributed by atoms with van der Waals surface area (Å²) in [6.45, 7) is 2.18. The highest BCUT2D eigenvalue weighted by Crippen LogP contribution is 2.24. The van der Waals surface area contributed by atoms with E-state index in [0.717, 1.165) is 29.4 Å². The summed E-state index contributed by atoms with van der Waals surface area (Å²) in [4.78, 5) is 26.7. The lowest BCUT2D eigenvalue weighted by molar-refractivity contribution is -0.137. The lowest BCUT2D eigenvalue weighted by Crippen LogP contribution is -2.01. The quantitative estimate of drug-likeness (QED) is 0.332. The van der Waals surface area contributed by atoms with E-state index in [-0.39, 0.29) is 12.2 Å². The molecule has 25 heavy (non-hydrogen) atoms. The number of carboxylic acids is 1. The minimum atomic E-state index is -0.809. The second kappa shape index (κ2) is 9.82. The molecule has 0 saturated heterocycles. The number of aryl methyl sites for hydroxylation is 1. The number of hydrogen-bond donors (Lipinski definition) is 2. The van der Waals surface area contributed by atoms with E-state index in [1.54, 1.807) is 6.08 Å². The molecule has 0 saturated carbocycles. The number of allylic oxidation sites excluding steroid dienone is 2. The van der Waals surface area contributed by atoms with E-state index in [1.807, 2.05) is 30.3 Å². The van der Waals surface area contributed by atoms with Crippen LogP contribution in [-0.2, 0) is 11.2 Å². The Morgan fingerprint density at radius 1 is 1.12 bits per heavy atom. The summed E-state index contributed by atoms with van der Waals surface area (Å²) in [5.74, 6) is -0.811. The molecule has 0 amide bonds. The molecule has 2 N–H and O–H groups in total. The fourth-order valence-electron chi connectivity index (χ4n) is 3.05. The van der Waals surface area contributed by atoms with Crippen molar-refractivity contribution in [3.63, 3.8) is 0 Å². The molecule has 1 aromatic heterocycles. The Kier molecular flexibility index (Phi) is 7.45. The summed E-state index contributed by atoms with van der Waals surface area (Å²) in [6, 6.07) is 7.73. The van der Waals surface area contributed by atoms with Crippen molar-refractivity contribution in [3.8, 4) is 0 Å². The van der Waals surface area contributed by atoms with Crippen LogP contribution in [0.3, 0.4) is 0 Å². The number of carboxylic acid groups (broad SMARTS) is 1. The van der Waals surface area contributed by atoms with E-state index in [0.29, 0.717) is 18.4 Å². The minimum Gasteiger partial charge on any atom is -0.481 e. The normalized spacial score (nSPS) is 11.4. The number of para-hydroxylation sites is 1. The molecule has 1 heterocycles. The first-order valence-electron chi connectivity index (χ1n) is 9.15. The Labute approximate surface area is 148 Å². The number of rotatable bonds is 11. The van der Waals surface area contributed by atoms with Crippen LogP contribution < -0.4 is 0 Å². The lowest BCUT2D eigenvalue weighted by atomic mass is 10.0. The standard InChI is InChI=1S/C21H27NO3/c1-2-3-4-5-6-7-14-19(23)21-16-11-8-9-12-17(16)22-18(21)13-10-15-20(24)25/h7-9,11-12,14,22H,2-6,10,13,15H2,1H3,(H,24,25)/b14-7+. The number of aliphatic carboxylic acids is 1. The van der Waals surface area contributed by atoms with Gasteiger partial charge in [0, 0.05) is 23.0 Å². The number of nitrogens with one attached hydrogen (secondary N) is 1. The van der Waals surface area contributed by atoms with Crippen LogP contribution in [0.5, 0.6) is 0 Å². The van der Waals surface area contributed by atoms with Gasteiger partial charge in [-0.05, 0) is 37.8 Å². The Hall–Kier alpha value is -2.36. The number of H-pyrrole nitrogens is 1. The van der Waals surface area contributed by atoms with Crippen LogP contribution in [0.25, 0.3) is 10.9 Å². The molecule has 4 nitrogen and oxygen atoms in total. The highest BCUT2D eigenvalue weighted by atomic mass is 16.4. The van der Waals surface area contributed by atoms with Crippen molar-refractivity contribution >= 4 is 22.7 Å². The molecule has 0 bridgehead atoms. The molecule has 0 radical (unpaired) electrons. The van der Waals surface area contributed by atoms with Gasteiger partial charge < -0.3 is 10.1 Å². The number of ketones is 1. The fraction of sp³-hybridized carbons (Fsp3) is 0.429. The van der Waals surface area contributed by atoms with Gasteiger partial charge in [0.15, 0.2) is 5.78 Å². The van der Waals surface area contributed by atoms with Gasteiger partial charge in [0.25, 0.3) is 0 Å². The van der Waals surface area contributed by atoms with Gasteiger partial charge in [0.2, 0.25) is 0 Å². The minimum absolute atomic E-state index is 0.00161. The number of unbranched alkanes of at least 4 members (excludes halogenated alkanes) is 4. The van der Waals surface area contributed by atoms with Crippen LogP contribution >= 0.6 is 0 Å². The first-order valence-corrected chi connectivity index (χ1v) is 9.15. The molecule has 2 rings (SSSR count). The molecule has 0 unspecified atom stereocenters. The number of aromatic nitrogens is 1. The highest BCUT2D eigenvalue weighted by molar-refractivity contribution is 6.14. The molecule has 0 aliphatic heterocycles. The van der Waals surface area contributed by atoms with Gasteiger partial charge >= 0.3 is 5.97 Å². The summed E-state index contributed by atoms with van der Waals surface area (Å²) in [5.41, 5.74) is 2.45. The van der Waals surface area contributed by atoms with Gasteiger partial charge in [-0.1, -0.05) is 50.5 Å². The van der Waals surface area contributed by atoms with Crippen molar-refractivity contribution in [3.05, 3.63) is 47.7 Å². The van der Waals surface area contributed by atoms with Crippen molar-refractivity contribution in [1.82, 2.24) is 4.98 Å². The predicted octanol–water partition coefficient (Wildman–Crippen LogP) is 5.28. The first kappa shape index (κ1) is 19.0. The van der Waals surface area contributed by atoms with E-state index < -0.39 is 5.97 Å². The first-order chi connectivity index (χ1) is 12.1. The van der Waals surface area contributed by atoms with Crippen molar-refractivity contribution in [1.29, 1.82) is 0 Å². The van der Waals surface area contributed by atoms with Crippen LogP contribution in [0.2, 0.25) is 0 Å². The van der Waals surface area contributed by atoms with E-state index in [1.165, 1.54) is 19.3 Å². The van der Waals surface area contributed by atoms with E-state index in [9.17, 15) is 9.59 Å². The van der Waals surface area contributed by atoms with Crippen LogP contribution in [-0.4, -0.2) is 21.8 Å². The van der Waals surface area contributed by atoms with Crippen LogP contribution in [0, 0.1) is 0 Å². The topological polar surface area (TPSA) is 70.2 Å². The zero-order valence-corrected chi connectivity index (χ0v) is 14.9. The maximum atomic E-state index is 12.7. The summed E-state index contributed by atoms with van der Waals surface area (Å²) in [6.07, 6.45) is 10.5. The Morgan fingerprint density at radius 2 is 1.92 bits per heavy atom. The van der Waals surface area contributed by atoms with Gasteiger partial charge in [-0.3, -0.25) is 9.59 Å². The van der Waals surface area contributed by atoms with E-state index in [4.69, 9.17) is 5.11 Å². The van der Waals surface area contributed by atoms with Gasteiger partial charge in [-0.2, -0.15) is 0 Å². The fourth-order valence-corrected chi connectivity index (χ4v) is 3.05. The van der Waals surface area contributed by atoms with Crippen LogP contribution in [0.1, 0.15) is 67.9 Å². The van der Waals surface area contributed by atoms with Crippen molar-refractivity contribution < 1.29 is 14.7 Å². The summed E-state index contributed by atoms with van der Waals surface area (Å²) < 4.78 is 0. The molecule has 0 aliphatic carbocycles. The highest BCUT2D eigenvalue weighted by Gasteiger charge is 2.16. The third kappa shape index (κ3) is 5.59. The van der Waals surface area contributed by atoms with Crippen molar-refractivity contribution in [2.45, 2.75) is 58.3 Å². The molecule has 134 valence electrons. The number of benzene rings is 1. The number of aromatic amines is 1. The Morgan fingerprint density at radius 3 is 2.68 bits per heavy atom. The van der Waals surface area contributed by atoms with E-state index in [2.05, 4.69) is 11.9 Å². The molecule has 0 aliphatic rings. The number of hydrogen-bond acceptors (Lipinski definition) is 2. The van der Waals surface area contributed by atoms with E-state index >= 15 is 0 Å². The third-order valence-corrected chi connectivity index (χ3v) is 4.34. The maximum absolute atomic E-state index is 12.7. The summed E-state index contributed by atoms with van der Waals surface area (Å²) >= 11 is 0.